The first-order valence-electron chi connectivity index (χ1n) is 7.27. The molecule has 0 aromatic heterocycles. The normalized spacial score (nSPS) is 8.35. The molecule has 23 heavy (non-hydrogen) atoms. The zero-order valence-electron chi connectivity index (χ0n) is 13.5. The Morgan fingerprint density at radius 1 is 1.04 bits per heavy atom. The molecule has 2 aromatic rings. The van der Waals surface area contributed by atoms with Crippen LogP contribution in [0, 0.1) is 6.92 Å². The molecule has 0 heterocycles. The highest BCUT2D eigenvalue weighted by Gasteiger charge is 1.97. The number of ether oxygens (including phenoxy) is 1. The fourth-order valence-electron chi connectivity index (χ4n) is 1.34. The number of esters is 1. The number of phenolic OH excluding ortho intramolecular Hbond substituents is 1. The summed E-state index contributed by atoms with van der Waals surface area (Å²) in [6.07, 6.45) is 0. The van der Waals surface area contributed by atoms with Gasteiger partial charge in [0.2, 0.25) is 0 Å². The standard InChI is InChI=1S/C9H11NO2.C7H8O.C2H6.CH4/c10-6-9(11)12-7-8-4-2-1-3-5-8;1-6-2-4-7(8)5-3-6;1-2;/h1-5H,6-7,10H2;2-5,8H,1H3;1-2H3;1H4. The van der Waals surface area contributed by atoms with E-state index in [0.717, 1.165) is 5.56 Å². The van der Waals surface area contributed by atoms with Crippen molar-refractivity contribution >= 4 is 5.97 Å². The van der Waals surface area contributed by atoms with E-state index in [0.29, 0.717) is 12.4 Å². The average molecular weight is 319 g/mol. The third kappa shape index (κ3) is 12.0. The molecule has 2 aromatic carbocycles. The van der Waals surface area contributed by atoms with Gasteiger partial charge >= 0.3 is 5.97 Å². The Balaban J connectivity index is 0. The smallest absolute Gasteiger partial charge is 0.320 e. The molecule has 0 saturated heterocycles. The Hall–Kier alpha value is -2.33. The van der Waals surface area contributed by atoms with Crippen molar-refractivity contribution in [1.29, 1.82) is 0 Å². The largest absolute Gasteiger partial charge is 0.508 e. The van der Waals surface area contributed by atoms with Crippen LogP contribution in [-0.2, 0) is 16.1 Å². The first kappa shape index (κ1) is 22.9. The highest BCUT2D eigenvalue weighted by molar-refractivity contribution is 5.71. The molecule has 0 bridgehead atoms. The molecular weight excluding hydrogens is 290 g/mol. The Labute approximate surface area is 139 Å². The number of carbonyl (C=O) groups excluding carboxylic acids is 1. The topological polar surface area (TPSA) is 72.5 Å². The van der Waals surface area contributed by atoms with Gasteiger partial charge in [0.15, 0.2) is 0 Å². The lowest BCUT2D eigenvalue weighted by atomic mass is 10.2. The molecule has 0 aliphatic rings. The van der Waals surface area contributed by atoms with E-state index in [9.17, 15) is 4.79 Å². The van der Waals surface area contributed by atoms with Gasteiger partial charge in [-0.1, -0.05) is 69.3 Å². The molecule has 0 saturated carbocycles. The third-order valence-corrected chi connectivity index (χ3v) is 2.44. The van der Waals surface area contributed by atoms with Crippen molar-refractivity contribution in [2.24, 2.45) is 5.73 Å². The van der Waals surface area contributed by atoms with Gasteiger partial charge in [0.05, 0.1) is 6.54 Å². The summed E-state index contributed by atoms with van der Waals surface area (Å²) in [7, 11) is 0. The molecule has 0 aliphatic carbocycles. The first-order chi connectivity index (χ1) is 10.6. The van der Waals surface area contributed by atoms with E-state index >= 15 is 0 Å². The van der Waals surface area contributed by atoms with Gasteiger partial charge < -0.3 is 15.6 Å². The fourth-order valence-corrected chi connectivity index (χ4v) is 1.34. The highest BCUT2D eigenvalue weighted by atomic mass is 16.5. The van der Waals surface area contributed by atoms with E-state index in [4.69, 9.17) is 15.6 Å². The Morgan fingerprint density at radius 3 is 2.00 bits per heavy atom. The first-order valence-corrected chi connectivity index (χ1v) is 7.27. The quantitative estimate of drug-likeness (QED) is 0.837. The molecule has 0 radical (unpaired) electrons. The number of rotatable bonds is 3. The summed E-state index contributed by atoms with van der Waals surface area (Å²) in [6, 6.07) is 16.6. The highest BCUT2D eigenvalue weighted by Crippen LogP contribution is 2.07. The van der Waals surface area contributed by atoms with Gasteiger partial charge in [-0.3, -0.25) is 4.79 Å². The second kappa shape index (κ2) is 14.6. The number of phenols is 1. The SMILES string of the molecule is C.CC.Cc1ccc(O)cc1.NCC(=O)OCc1ccccc1. The van der Waals surface area contributed by atoms with Crippen molar-refractivity contribution in [3.63, 3.8) is 0 Å². The maximum Gasteiger partial charge on any atom is 0.320 e. The van der Waals surface area contributed by atoms with E-state index in [1.165, 1.54) is 5.56 Å². The van der Waals surface area contributed by atoms with Gasteiger partial charge in [0.1, 0.15) is 12.4 Å². The van der Waals surface area contributed by atoms with Crippen LogP contribution in [-0.4, -0.2) is 17.6 Å². The van der Waals surface area contributed by atoms with Crippen LogP contribution in [0.2, 0.25) is 0 Å². The monoisotopic (exact) mass is 319 g/mol. The van der Waals surface area contributed by atoms with Crippen molar-refractivity contribution in [1.82, 2.24) is 0 Å². The van der Waals surface area contributed by atoms with Crippen LogP contribution in [0.15, 0.2) is 54.6 Å². The molecule has 0 amide bonds. The zero-order valence-corrected chi connectivity index (χ0v) is 13.5. The summed E-state index contributed by atoms with van der Waals surface area (Å²) in [5, 5.41) is 8.76. The van der Waals surface area contributed by atoms with Crippen molar-refractivity contribution in [2.45, 2.75) is 34.8 Å². The number of carbonyl (C=O) groups is 1. The average Bonchev–Trinajstić information content (AvgIpc) is 2.58. The minimum atomic E-state index is -0.376. The third-order valence-electron chi connectivity index (χ3n) is 2.44. The molecule has 0 unspecified atom stereocenters. The summed E-state index contributed by atoms with van der Waals surface area (Å²) < 4.78 is 4.81. The van der Waals surface area contributed by atoms with Crippen LogP contribution >= 0.6 is 0 Å². The molecule has 128 valence electrons. The van der Waals surface area contributed by atoms with Gasteiger partial charge in [-0.15, -0.1) is 0 Å². The lowest BCUT2D eigenvalue weighted by molar-refractivity contribution is -0.143. The summed E-state index contributed by atoms with van der Waals surface area (Å²) >= 11 is 0. The number of aryl methyl sites for hydroxylation is 1. The van der Waals surface area contributed by atoms with Crippen LogP contribution in [0.25, 0.3) is 0 Å². The summed E-state index contributed by atoms with van der Waals surface area (Å²) in [6.45, 7) is 6.23. The molecule has 0 fully saturated rings. The predicted octanol–water partition coefficient (Wildman–Crippen LogP) is 4.05. The minimum Gasteiger partial charge on any atom is -0.508 e. The minimum absolute atomic E-state index is 0. The van der Waals surface area contributed by atoms with Gasteiger partial charge in [0, 0.05) is 0 Å². The summed E-state index contributed by atoms with van der Waals surface area (Å²) in [4.78, 5) is 10.6. The van der Waals surface area contributed by atoms with Crippen LogP contribution < -0.4 is 5.73 Å². The van der Waals surface area contributed by atoms with Gasteiger partial charge in [-0.05, 0) is 24.6 Å². The predicted molar refractivity (Wildman–Crippen MR) is 96.2 cm³/mol. The Bertz CT molecular complexity index is 489. The van der Waals surface area contributed by atoms with Crippen LogP contribution in [0.4, 0.5) is 0 Å². The van der Waals surface area contributed by atoms with Gasteiger partial charge in [0.25, 0.3) is 0 Å². The van der Waals surface area contributed by atoms with E-state index < -0.39 is 0 Å². The molecule has 4 heteroatoms. The maximum absolute atomic E-state index is 10.6. The maximum atomic E-state index is 10.6. The van der Waals surface area contributed by atoms with Crippen molar-refractivity contribution in [2.75, 3.05) is 6.54 Å². The molecule has 4 nitrogen and oxygen atoms in total. The number of hydrogen-bond donors (Lipinski definition) is 2. The second-order valence-electron chi connectivity index (χ2n) is 4.19. The fraction of sp³-hybridized carbons (Fsp3) is 0.316. The number of aromatic hydroxyl groups is 1. The van der Waals surface area contributed by atoms with Crippen LogP contribution in [0.3, 0.4) is 0 Å². The van der Waals surface area contributed by atoms with E-state index in [-0.39, 0.29) is 19.9 Å². The van der Waals surface area contributed by atoms with Crippen molar-refractivity contribution in [3.8, 4) is 5.75 Å². The zero-order chi connectivity index (χ0) is 16.8. The molecule has 0 aliphatic heterocycles. The van der Waals surface area contributed by atoms with Crippen molar-refractivity contribution in [3.05, 3.63) is 65.7 Å². The van der Waals surface area contributed by atoms with Crippen molar-refractivity contribution < 1.29 is 14.6 Å². The number of benzene rings is 2. The van der Waals surface area contributed by atoms with Gasteiger partial charge in [-0.25, -0.2) is 0 Å². The molecule has 2 rings (SSSR count). The van der Waals surface area contributed by atoms with Crippen LogP contribution in [0.5, 0.6) is 5.75 Å². The van der Waals surface area contributed by atoms with Crippen LogP contribution in [0.1, 0.15) is 32.4 Å². The number of nitrogens with two attached hydrogens (primary N) is 1. The molecule has 0 spiro atoms. The van der Waals surface area contributed by atoms with E-state index in [1.807, 2.05) is 63.2 Å². The number of hydrogen-bond acceptors (Lipinski definition) is 4. The lowest BCUT2D eigenvalue weighted by Gasteiger charge is -2.01. The Morgan fingerprint density at radius 2 is 1.57 bits per heavy atom. The second-order valence-corrected chi connectivity index (χ2v) is 4.19. The molecular formula is C19H29NO3. The summed E-state index contributed by atoms with van der Waals surface area (Å²) in [5.41, 5.74) is 7.20. The lowest BCUT2D eigenvalue weighted by Crippen LogP contribution is -2.16. The molecule has 3 N–H and O–H groups in total. The summed E-state index contributed by atoms with van der Waals surface area (Å²) in [5.74, 6) is -0.0468. The Kier molecular flexibility index (Phi) is 14.6. The van der Waals surface area contributed by atoms with E-state index in [1.54, 1.807) is 12.1 Å². The van der Waals surface area contributed by atoms with Gasteiger partial charge in [-0.2, -0.15) is 0 Å². The van der Waals surface area contributed by atoms with E-state index in [2.05, 4.69) is 0 Å². The molecule has 0 atom stereocenters.